The van der Waals surface area contributed by atoms with Crippen LogP contribution in [0.3, 0.4) is 0 Å². The average molecular weight is 333 g/mol. The molecule has 0 heterocycles. The van der Waals surface area contributed by atoms with Crippen molar-refractivity contribution >= 4 is 11.9 Å². The third kappa shape index (κ3) is 7.16. The highest BCUT2D eigenvalue weighted by Gasteiger charge is 2.17. The van der Waals surface area contributed by atoms with E-state index in [1.807, 2.05) is 0 Å². The molecule has 0 atom stereocenters. The lowest BCUT2D eigenvalue weighted by Gasteiger charge is -2.09. The van der Waals surface area contributed by atoms with Gasteiger partial charge in [-0.05, 0) is 24.5 Å². The molecule has 4 heteroatoms. The van der Waals surface area contributed by atoms with Gasteiger partial charge in [0.1, 0.15) is 0 Å². The number of rotatable bonds is 13. The zero-order chi connectivity index (χ0) is 17.8. The smallest absolute Gasteiger partial charge is 0.336 e. The molecule has 0 aliphatic rings. The number of unbranched alkanes of at least 4 members (excludes halogenated alkanes) is 9. The molecule has 24 heavy (non-hydrogen) atoms. The van der Waals surface area contributed by atoms with Crippen LogP contribution in [0.4, 0.5) is 0 Å². The van der Waals surface area contributed by atoms with E-state index in [1.54, 1.807) is 12.1 Å². The second kappa shape index (κ2) is 11.7. The summed E-state index contributed by atoms with van der Waals surface area (Å²) in [6, 6.07) is 4.92. The van der Waals surface area contributed by atoms with Crippen LogP contribution in [0.15, 0.2) is 18.2 Å². The van der Waals surface area contributed by atoms with Crippen LogP contribution < -0.4 is 5.73 Å². The van der Waals surface area contributed by atoms with Gasteiger partial charge in [0, 0.05) is 0 Å². The third-order valence-electron chi connectivity index (χ3n) is 4.43. The summed E-state index contributed by atoms with van der Waals surface area (Å²) in [5.74, 6) is -1.76. The van der Waals surface area contributed by atoms with Crippen molar-refractivity contribution in [1.82, 2.24) is 0 Å². The number of aryl methyl sites for hydroxylation is 1. The second-order valence-electron chi connectivity index (χ2n) is 6.44. The van der Waals surface area contributed by atoms with Gasteiger partial charge in [-0.3, -0.25) is 4.79 Å². The SMILES string of the molecule is CCCCCCCCCCCCc1cccc(C(=O)O)c1C(N)=O. The fourth-order valence-electron chi connectivity index (χ4n) is 3.08. The Kier molecular flexibility index (Phi) is 9.81. The largest absolute Gasteiger partial charge is 0.478 e. The topological polar surface area (TPSA) is 80.4 Å². The first-order valence-electron chi connectivity index (χ1n) is 9.23. The summed E-state index contributed by atoms with van der Waals surface area (Å²) in [4.78, 5) is 22.8. The van der Waals surface area contributed by atoms with E-state index < -0.39 is 11.9 Å². The van der Waals surface area contributed by atoms with Crippen molar-refractivity contribution in [3.8, 4) is 0 Å². The third-order valence-corrected chi connectivity index (χ3v) is 4.43. The average Bonchev–Trinajstić information content (AvgIpc) is 2.56. The van der Waals surface area contributed by atoms with Gasteiger partial charge in [-0.2, -0.15) is 0 Å². The van der Waals surface area contributed by atoms with E-state index in [0.29, 0.717) is 6.42 Å². The van der Waals surface area contributed by atoms with Gasteiger partial charge in [-0.25, -0.2) is 4.79 Å². The van der Waals surface area contributed by atoms with Crippen molar-refractivity contribution in [2.24, 2.45) is 5.73 Å². The van der Waals surface area contributed by atoms with E-state index in [4.69, 9.17) is 5.73 Å². The minimum Gasteiger partial charge on any atom is -0.478 e. The Morgan fingerprint density at radius 1 is 0.917 bits per heavy atom. The second-order valence-corrected chi connectivity index (χ2v) is 6.44. The highest BCUT2D eigenvalue weighted by Crippen LogP contribution is 2.18. The lowest BCUT2D eigenvalue weighted by atomic mass is 9.95. The predicted molar refractivity (Wildman–Crippen MR) is 97.5 cm³/mol. The van der Waals surface area contributed by atoms with Crippen molar-refractivity contribution in [3.63, 3.8) is 0 Å². The van der Waals surface area contributed by atoms with Crippen molar-refractivity contribution in [3.05, 3.63) is 34.9 Å². The Hall–Kier alpha value is -1.84. The molecule has 0 fully saturated rings. The molecule has 0 spiro atoms. The first-order chi connectivity index (χ1) is 11.6. The molecule has 134 valence electrons. The van der Waals surface area contributed by atoms with Crippen LogP contribution in [-0.2, 0) is 6.42 Å². The highest BCUT2D eigenvalue weighted by molar-refractivity contribution is 6.05. The zero-order valence-corrected chi connectivity index (χ0v) is 14.9. The summed E-state index contributed by atoms with van der Waals surface area (Å²) in [6.07, 6.45) is 13.2. The van der Waals surface area contributed by atoms with Crippen LogP contribution in [0.25, 0.3) is 0 Å². The maximum atomic E-state index is 11.6. The standard InChI is InChI=1S/C20H31NO3/c1-2-3-4-5-6-7-8-9-10-11-13-16-14-12-15-17(20(23)24)18(16)19(21)22/h12,14-15H,2-11,13H2,1H3,(H2,21,22)(H,23,24). The Bertz CT molecular complexity index is 526. The number of hydrogen-bond donors (Lipinski definition) is 2. The molecule has 0 aromatic heterocycles. The van der Waals surface area contributed by atoms with Gasteiger partial charge in [0.05, 0.1) is 11.1 Å². The van der Waals surface area contributed by atoms with Gasteiger partial charge in [0.15, 0.2) is 0 Å². The van der Waals surface area contributed by atoms with Crippen molar-refractivity contribution in [1.29, 1.82) is 0 Å². The predicted octanol–water partition coefficient (Wildman–Crippen LogP) is 4.95. The maximum Gasteiger partial charge on any atom is 0.336 e. The number of primary amides is 1. The van der Waals surface area contributed by atoms with Crippen molar-refractivity contribution in [2.45, 2.75) is 77.6 Å². The van der Waals surface area contributed by atoms with Crippen molar-refractivity contribution < 1.29 is 14.7 Å². The molecule has 0 bridgehead atoms. The number of amides is 1. The molecule has 1 amide bonds. The summed E-state index contributed by atoms with van der Waals surface area (Å²) in [5, 5.41) is 9.18. The van der Waals surface area contributed by atoms with Gasteiger partial charge in [0.2, 0.25) is 5.91 Å². The fraction of sp³-hybridized carbons (Fsp3) is 0.600. The molecule has 0 radical (unpaired) electrons. The number of nitrogens with two attached hydrogens (primary N) is 1. The minimum absolute atomic E-state index is 0.00655. The molecule has 0 aliphatic heterocycles. The molecule has 0 saturated heterocycles. The van der Waals surface area contributed by atoms with Gasteiger partial charge in [0.25, 0.3) is 0 Å². The summed E-state index contributed by atoms with van der Waals surface area (Å²) in [5.41, 5.74) is 6.30. The van der Waals surface area contributed by atoms with Crippen LogP contribution in [-0.4, -0.2) is 17.0 Å². The summed E-state index contributed by atoms with van der Waals surface area (Å²) in [7, 11) is 0. The first kappa shape index (κ1) is 20.2. The van der Waals surface area contributed by atoms with Gasteiger partial charge < -0.3 is 10.8 Å². The molecule has 0 saturated carbocycles. The van der Waals surface area contributed by atoms with Crippen molar-refractivity contribution in [2.75, 3.05) is 0 Å². The van der Waals surface area contributed by atoms with E-state index in [2.05, 4.69) is 6.92 Å². The normalized spacial score (nSPS) is 10.7. The first-order valence-corrected chi connectivity index (χ1v) is 9.23. The Balaban J connectivity index is 2.32. The summed E-state index contributed by atoms with van der Waals surface area (Å²) in [6.45, 7) is 2.23. The van der Waals surface area contributed by atoms with E-state index >= 15 is 0 Å². The maximum absolute atomic E-state index is 11.6. The van der Waals surface area contributed by atoms with Gasteiger partial charge >= 0.3 is 5.97 Å². The quantitative estimate of drug-likeness (QED) is 0.501. The van der Waals surface area contributed by atoms with Crippen LogP contribution >= 0.6 is 0 Å². The highest BCUT2D eigenvalue weighted by atomic mass is 16.4. The summed E-state index contributed by atoms with van der Waals surface area (Å²) < 4.78 is 0. The molecule has 0 aliphatic carbocycles. The number of hydrogen-bond acceptors (Lipinski definition) is 2. The van der Waals surface area contributed by atoms with E-state index in [1.165, 1.54) is 57.4 Å². The van der Waals surface area contributed by atoms with Crippen LogP contribution in [0.1, 0.15) is 97.4 Å². The van der Waals surface area contributed by atoms with E-state index in [0.717, 1.165) is 18.4 Å². The Morgan fingerprint density at radius 2 is 1.46 bits per heavy atom. The van der Waals surface area contributed by atoms with Crippen LogP contribution in [0.5, 0.6) is 0 Å². The number of carboxylic acids is 1. The molecular weight excluding hydrogens is 302 g/mol. The number of carboxylic acid groups (broad SMARTS) is 1. The number of aromatic carboxylic acids is 1. The van der Waals surface area contributed by atoms with Gasteiger partial charge in [-0.1, -0.05) is 76.8 Å². The molecule has 3 N–H and O–H groups in total. The minimum atomic E-state index is -1.10. The summed E-state index contributed by atoms with van der Waals surface area (Å²) >= 11 is 0. The zero-order valence-electron chi connectivity index (χ0n) is 14.9. The van der Waals surface area contributed by atoms with Crippen LogP contribution in [0.2, 0.25) is 0 Å². The molecular formula is C20H31NO3. The lowest BCUT2D eigenvalue weighted by Crippen LogP contribution is -2.18. The molecule has 0 unspecified atom stereocenters. The van der Waals surface area contributed by atoms with E-state index in [-0.39, 0.29) is 11.1 Å². The monoisotopic (exact) mass is 333 g/mol. The fourth-order valence-corrected chi connectivity index (χ4v) is 3.08. The lowest BCUT2D eigenvalue weighted by molar-refractivity contribution is 0.0692. The Morgan fingerprint density at radius 3 is 1.96 bits per heavy atom. The molecule has 1 aromatic rings. The number of benzene rings is 1. The molecule has 1 rings (SSSR count). The number of carbonyl (C=O) groups excluding carboxylic acids is 1. The number of carbonyl (C=O) groups is 2. The van der Waals surface area contributed by atoms with E-state index in [9.17, 15) is 14.7 Å². The van der Waals surface area contributed by atoms with Gasteiger partial charge in [-0.15, -0.1) is 0 Å². The molecule has 4 nitrogen and oxygen atoms in total. The Labute approximate surface area is 145 Å². The molecule has 1 aromatic carbocycles. The van der Waals surface area contributed by atoms with Crippen LogP contribution in [0, 0.1) is 0 Å².